The first-order valence-electron chi connectivity index (χ1n) is 10.4. The minimum atomic E-state index is -0.432. The molecular weight excluding hydrogens is 360 g/mol. The molecule has 0 spiro atoms. The van der Waals surface area contributed by atoms with Crippen LogP contribution in [0.25, 0.3) is 0 Å². The zero-order valence-electron chi connectivity index (χ0n) is 17.2. The summed E-state index contributed by atoms with van der Waals surface area (Å²) in [6, 6.07) is 5.93. The van der Waals surface area contributed by atoms with Gasteiger partial charge in [-0.05, 0) is 30.7 Å². The third kappa shape index (κ3) is 13.5. The van der Waals surface area contributed by atoms with Gasteiger partial charge in [-0.15, -0.1) is 0 Å². The zero-order valence-corrected chi connectivity index (χ0v) is 17.2. The number of phenols is 1. The number of aromatic hydroxyl groups is 1. The van der Waals surface area contributed by atoms with Crippen molar-refractivity contribution in [2.75, 3.05) is 46.2 Å². The standard InChI is InChI=1S/C22H36O6/c1-2-3-4-5-6-7-8-13-25-14-15-26-16-17-27-18-19-28-22(24)20-9-11-21(23)12-10-20/h9-12,23H,2-8,13-19H2,1H3. The summed E-state index contributed by atoms with van der Waals surface area (Å²) in [5.74, 6) is -0.318. The minimum Gasteiger partial charge on any atom is -0.508 e. The van der Waals surface area contributed by atoms with Crippen LogP contribution in [0.2, 0.25) is 0 Å². The molecule has 0 saturated carbocycles. The number of benzene rings is 1. The Morgan fingerprint density at radius 2 is 1.21 bits per heavy atom. The van der Waals surface area contributed by atoms with Gasteiger partial charge in [-0.2, -0.15) is 0 Å². The van der Waals surface area contributed by atoms with Crippen LogP contribution in [0.15, 0.2) is 24.3 Å². The highest BCUT2D eigenvalue weighted by molar-refractivity contribution is 5.89. The fourth-order valence-corrected chi connectivity index (χ4v) is 2.58. The Morgan fingerprint density at radius 3 is 1.82 bits per heavy atom. The summed E-state index contributed by atoms with van der Waals surface area (Å²) in [6.45, 7) is 5.67. The number of hydrogen-bond donors (Lipinski definition) is 1. The van der Waals surface area contributed by atoms with Crippen molar-refractivity contribution in [2.24, 2.45) is 0 Å². The van der Waals surface area contributed by atoms with Crippen molar-refractivity contribution < 1.29 is 28.8 Å². The molecule has 0 aliphatic rings. The van der Waals surface area contributed by atoms with Crippen LogP contribution in [-0.4, -0.2) is 57.3 Å². The van der Waals surface area contributed by atoms with E-state index in [1.807, 2.05) is 0 Å². The highest BCUT2D eigenvalue weighted by Gasteiger charge is 2.06. The Kier molecular flexibility index (Phi) is 15.2. The fourth-order valence-electron chi connectivity index (χ4n) is 2.58. The van der Waals surface area contributed by atoms with Gasteiger partial charge in [0.1, 0.15) is 12.4 Å². The molecule has 0 bridgehead atoms. The smallest absolute Gasteiger partial charge is 0.338 e. The first-order chi connectivity index (χ1) is 13.7. The van der Waals surface area contributed by atoms with Gasteiger partial charge in [-0.1, -0.05) is 45.4 Å². The fraction of sp³-hybridized carbons (Fsp3) is 0.682. The van der Waals surface area contributed by atoms with E-state index in [2.05, 4.69) is 6.92 Å². The number of carbonyl (C=O) groups excluding carboxylic acids is 1. The summed E-state index contributed by atoms with van der Waals surface area (Å²) in [6.07, 6.45) is 9.02. The highest BCUT2D eigenvalue weighted by atomic mass is 16.6. The molecule has 1 N–H and O–H groups in total. The molecule has 0 aliphatic heterocycles. The van der Waals surface area contributed by atoms with E-state index in [1.54, 1.807) is 0 Å². The average molecular weight is 397 g/mol. The molecule has 1 aromatic rings. The highest BCUT2D eigenvalue weighted by Crippen LogP contribution is 2.10. The molecule has 0 aromatic heterocycles. The quantitative estimate of drug-likeness (QED) is 0.294. The van der Waals surface area contributed by atoms with Gasteiger partial charge in [0.15, 0.2) is 0 Å². The average Bonchev–Trinajstić information content (AvgIpc) is 2.70. The lowest BCUT2D eigenvalue weighted by Crippen LogP contribution is -2.14. The molecule has 6 heteroatoms. The Labute approximate surface area is 169 Å². The second kappa shape index (κ2) is 17.5. The normalized spacial score (nSPS) is 10.9. The van der Waals surface area contributed by atoms with Gasteiger partial charge in [0, 0.05) is 6.61 Å². The van der Waals surface area contributed by atoms with Crippen molar-refractivity contribution in [1.82, 2.24) is 0 Å². The van der Waals surface area contributed by atoms with Gasteiger partial charge >= 0.3 is 5.97 Å². The second-order valence-corrected chi connectivity index (χ2v) is 6.64. The summed E-state index contributed by atoms with van der Waals surface area (Å²) in [5.41, 5.74) is 0.401. The molecule has 0 atom stereocenters. The molecule has 28 heavy (non-hydrogen) atoms. The number of ether oxygens (including phenoxy) is 4. The predicted molar refractivity (Wildman–Crippen MR) is 109 cm³/mol. The van der Waals surface area contributed by atoms with Crippen LogP contribution in [0.5, 0.6) is 5.75 Å². The third-order valence-electron chi connectivity index (χ3n) is 4.20. The Balaban J connectivity index is 1.78. The summed E-state index contributed by atoms with van der Waals surface area (Å²) in [7, 11) is 0. The molecule has 0 heterocycles. The van der Waals surface area contributed by atoms with E-state index in [9.17, 15) is 9.90 Å². The van der Waals surface area contributed by atoms with Crippen LogP contribution in [0, 0.1) is 0 Å². The molecule has 0 saturated heterocycles. The van der Waals surface area contributed by atoms with Crippen LogP contribution < -0.4 is 0 Å². The molecule has 0 aliphatic carbocycles. The molecule has 160 valence electrons. The van der Waals surface area contributed by atoms with E-state index < -0.39 is 5.97 Å². The maximum atomic E-state index is 11.7. The molecule has 1 rings (SSSR count). The first kappa shape index (κ1) is 24.4. The van der Waals surface area contributed by atoms with Crippen molar-refractivity contribution in [3.05, 3.63) is 29.8 Å². The molecule has 0 fully saturated rings. The largest absolute Gasteiger partial charge is 0.508 e. The first-order valence-corrected chi connectivity index (χ1v) is 10.4. The van der Waals surface area contributed by atoms with E-state index in [4.69, 9.17) is 18.9 Å². The van der Waals surface area contributed by atoms with Gasteiger partial charge in [0.2, 0.25) is 0 Å². The maximum Gasteiger partial charge on any atom is 0.338 e. The monoisotopic (exact) mass is 396 g/mol. The lowest BCUT2D eigenvalue weighted by atomic mass is 10.1. The van der Waals surface area contributed by atoms with Crippen LogP contribution in [0.4, 0.5) is 0 Å². The van der Waals surface area contributed by atoms with Crippen LogP contribution >= 0.6 is 0 Å². The number of hydrogen-bond acceptors (Lipinski definition) is 6. The topological polar surface area (TPSA) is 74.2 Å². The van der Waals surface area contributed by atoms with Crippen molar-refractivity contribution >= 4 is 5.97 Å². The van der Waals surface area contributed by atoms with Crippen LogP contribution in [-0.2, 0) is 18.9 Å². The second-order valence-electron chi connectivity index (χ2n) is 6.64. The van der Waals surface area contributed by atoms with E-state index in [0.717, 1.165) is 13.0 Å². The van der Waals surface area contributed by atoms with Gasteiger partial charge < -0.3 is 24.1 Å². The Bertz CT molecular complexity index is 488. The van der Waals surface area contributed by atoms with Crippen LogP contribution in [0.1, 0.15) is 62.2 Å². The van der Waals surface area contributed by atoms with E-state index in [0.29, 0.717) is 38.6 Å². The van der Waals surface area contributed by atoms with Crippen molar-refractivity contribution in [1.29, 1.82) is 0 Å². The maximum absolute atomic E-state index is 11.7. The Hall–Kier alpha value is -1.63. The Morgan fingerprint density at radius 1 is 0.714 bits per heavy atom. The van der Waals surface area contributed by atoms with Gasteiger partial charge in [0.25, 0.3) is 0 Å². The van der Waals surface area contributed by atoms with Gasteiger partial charge in [-0.3, -0.25) is 0 Å². The van der Waals surface area contributed by atoms with E-state index >= 15 is 0 Å². The zero-order chi connectivity index (χ0) is 20.3. The van der Waals surface area contributed by atoms with Crippen LogP contribution in [0.3, 0.4) is 0 Å². The number of phenolic OH excluding ortho intramolecular Hbond substituents is 1. The molecule has 0 unspecified atom stereocenters. The number of rotatable bonds is 18. The summed E-state index contributed by atoms with van der Waals surface area (Å²) in [4.78, 5) is 11.7. The molecule has 6 nitrogen and oxygen atoms in total. The molecular formula is C22H36O6. The predicted octanol–water partition coefficient (Wildman–Crippen LogP) is 4.35. The number of unbranched alkanes of at least 4 members (excludes halogenated alkanes) is 6. The number of carbonyl (C=O) groups is 1. The van der Waals surface area contributed by atoms with Crippen molar-refractivity contribution in [3.8, 4) is 5.75 Å². The van der Waals surface area contributed by atoms with Gasteiger partial charge in [0.05, 0.1) is 38.6 Å². The summed E-state index contributed by atoms with van der Waals surface area (Å²) >= 11 is 0. The van der Waals surface area contributed by atoms with Gasteiger partial charge in [-0.25, -0.2) is 4.79 Å². The summed E-state index contributed by atoms with van der Waals surface area (Å²) < 4.78 is 21.4. The number of esters is 1. The summed E-state index contributed by atoms with van der Waals surface area (Å²) in [5, 5.41) is 9.18. The molecule has 1 aromatic carbocycles. The third-order valence-corrected chi connectivity index (χ3v) is 4.20. The SMILES string of the molecule is CCCCCCCCCOCCOCCOCCOC(=O)c1ccc(O)cc1. The van der Waals surface area contributed by atoms with Crippen molar-refractivity contribution in [3.63, 3.8) is 0 Å². The lowest BCUT2D eigenvalue weighted by Gasteiger charge is -2.08. The minimum absolute atomic E-state index is 0.114. The molecule has 0 radical (unpaired) electrons. The van der Waals surface area contributed by atoms with E-state index in [1.165, 1.54) is 62.8 Å². The van der Waals surface area contributed by atoms with E-state index in [-0.39, 0.29) is 12.4 Å². The van der Waals surface area contributed by atoms with Crippen molar-refractivity contribution in [2.45, 2.75) is 51.9 Å². The molecule has 0 amide bonds. The lowest BCUT2D eigenvalue weighted by molar-refractivity contribution is 0.000184.